The molecule has 104 valence electrons. The average Bonchev–Trinajstić information content (AvgIpc) is 3.26. The van der Waals surface area contributed by atoms with Gasteiger partial charge in [0.25, 0.3) is 0 Å². The van der Waals surface area contributed by atoms with Crippen LogP contribution in [-0.2, 0) is 0 Å². The smallest absolute Gasteiger partial charge is 0.0485 e. The molecule has 0 aromatic heterocycles. The van der Waals surface area contributed by atoms with Gasteiger partial charge in [-0.2, -0.15) is 0 Å². The van der Waals surface area contributed by atoms with Crippen LogP contribution in [0.5, 0.6) is 0 Å². The van der Waals surface area contributed by atoms with Gasteiger partial charge in [0.15, 0.2) is 0 Å². The molecular weight excluding hydrogens is 324 g/mol. The maximum atomic E-state index is 6.16. The summed E-state index contributed by atoms with van der Waals surface area (Å²) in [5.74, 6) is 0.896. The van der Waals surface area contributed by atoms with Crippen LogP contribution >= 0.6 is 27.5 Å². The quantitative estimate of drug-likeness (QED) is 0.846. The molecule has 0 bridgehead atoms. The first-order valence-electron chi connectivity index (χ1n) is 7.10. The normalized spacial score (nSPS) is 20.8. The van der Waals surface area contributed by atoms with Crippen molar-refractivity contribution in [1.29, 1.82) is 0 Å². The van der Waals surface area contributed by atoms with Gasteiger partial charge in [-0.05, 0) is 55.4 Å². The predicted molar refractivity (Wildman–Crippen MR) is 83.4 cm³/mol. The lowest BCUT2D eigenvalue weighted by atomic mass is 10.0. The van der Waals surface area contributed by atoms with E-state index in [-0.39, 0.29) is 0 Å². The first-order valence-corrected chi connectivity index (χ1v) is 8.27. The Hall–Kier alpha value is -0.0900. The van der Waals surface area contributed by atoms with E-state index >= 15 is 0 Å². The molecule has 1 unspecified atom stereocenters. The van der Waals surface area contributed by atoms with Gasteiger partial charge in [0.1, 0.15) is 0 Å². The maximum Gasteiger partial charge on any atom is 0.0485 e. The highest BCUT2D eigenvalue weighted by Crippen LogP contribution is 2.41. The number of hydrogen-bond donors (Lipinski definition) is 1. The van der Waals surface area contributed by atoms with Gasteiger partial charge in [-0.1, -0.05) is 27.5 Å². The molecule has 0 saturated heterocycles. The summed E-state index contributed by atoms with van der Waals surface area (Å²) in [5.41, 5.74) is 7.32. The third-order valence-corrected chi connectivity index (χ3v) is 5.08. The van der Waals surface area contributed by atoms with Gasteiger partial charge in [0.2, 0.25) is 0 Å². The van der Waals surface area contributed by atoms with Crippen molar-refractivity contribution in [3.05, 3.63) is 33.3 Å². The fourth-order valence-electron chi connectivity index (χ4n) is 2.75. The highest BCUT2D eigenvalue weighted by molar-refractivity contribution is 9.10. The molecule has 0 heterocycles. The molecule has 2 N–H and O–H groups in total. The SMILES string of the molecule is NCC(c1cc(Cl)ccc1Br)N(CC1CC1)C1CC1. The average molecular weight is 344 g/mol. The second-order valence-electron chi connectivity index (χ2n) is 5.79. The lowest BCUT2D eigenvalue weighted by Crippen LogP contribution is -2.37. The largest absolute Gasteiger partial charge is 0.329 e. The van der Waals surface area contributed by atoms with Crippen molar-refractivity contribution in [1.82, 2.24) is 4.90 Å². The number of hydrogen-bond acceptors (Lipinski definition) is 2. The van der Waals surface area contributed by atoms with Crippen LogP contribution in [0.4, 0.5) is 0 Å². The molecule has 0 spiro atoms. The fraction of sp³-hybridized carbons (Fsp3) is 0.600. The fourth-order valence-corrected chi connectivity index (χ4v) is 3.44. The molecule has 2 nitrogen and oxygen atoms in total. The summed E-state index contributed by atoms with van der Waals surface area (Å²) in [7, 11) is 0. The summed E-state index contributed by atoms with van der Waals surface area (Å²) >= 11 is 9.81. The van der Waals surface area contributed by atoms with E-state index in [2.05, 4.69) is 26.9 Å². The van der Waals surface area contributed by atoms with Crippen molar-refractivity contribution >= 4 is 27.5 Å². The van der Waals surface area contributed by atoms with Gasteiger partial charge in [-0.3, -0.25) is 4.90 Å². The van der Waals surface area contributed by atoms with E-state index in [4.69, 9.17) is 17.3 Å². The topological polar surface area (TPSA) is 29.3 Å². The zero-order valence-electron chi connectivity index (χ0n) is 11.0. The molecule has 0 radical (unpaired) electrons. The zero-order valence-corrected chi connectivity index (χ0v) is 13.3. The van der Waals surface area contributed by atoms with Gasteiger partial charge in [-0.25, -0.2) is 0 Å². The van der Waals surface area contributed by atoms with E-state index in [1.54, 1.807) is 0 Å². The third-order valence-electron chi connectivity index (χ3n) is 4.12. The Morgan fingerprint density at radius 2 is 2.05 bits per heavy atom. The van der Waals surface area contributed by atoms with Gasteiger partial charge in [0.05, 0.1) is 0 Å². The summed E-state index contributed by atoms with van der Waals surface area (Å²) in [6.07, 6.45) is 5.41. The molecule has 2 aliphatic rings. The van der Waals surface area contributed by atoms with Gasteiger partial charge in [0, 0.05) is 34.7 Å². The second-order valence-corrected chi connectivity index (χ2v) is 7.08. The molecule has 2 aliphatic carbocycles. The summed E-state index contributed by atoms with van der Waals surface area (Å²) < 4.78 is 1.12. The van der Waals surface area contributed by atoms with Gasteiger partial charge < -0.3 is 5.73 Å². The minimum atomic E-state index is 0.293. The van der Waals surface area contributed by atoms with Crippen LogP contribution in [-0.4, -0.2) is 24.0 Å². The monoisotopic (exact) mass is 342 g/mol. The van der Waals surface area contributed by atoms with E-state index in [0.29, 0.717) is 12.6 Å². The number of nitrogens with two attached hydrogens (primary N) is 1. The van der Waals surface area contributed by atoms with Crippen molar-refractivity contribution in [2.45, 2.75) is 37.8 Å². The van der Waals surface area contributed by atoms with E-state index < -0.39 is 0 Å². The molecule has 1 aromatic carbocycles. The summed E-state index contributed by atoms with van der Waals surface area (Å²) in [6.45, 7) is 1.85. The summed E-state index contributed by atoms with van der Waals surface area (Å²) in [4.78, 5) is 2.62. The molecule has 19 heavy (non-hydrogen) atoms. The first kappa shape index (κ1) is 13.9. The molecule has 4 heteroatoms. The minimum absolute atomic E-state index is 0.293. The second kappa shape index (κ2) is 5.72. The standard InChI is InChI=1S/C15H20BrClN2/c16-14-6-3-11(17)7-13(14)15(8-18)19(12-4-5-12)9-10-1-2-10/h3,6-7,10,12,15H,1-2,4-5,8-9,18H2. The van der Waals surface area contributed by atoms with Crippen molar-refractivity contribution in [3.8, 4) is 0 Å². The van der Waals surface area contributed by atoms with Gasteiger partial charge in [-0.15, -0.1) is 0 Å². The van der Waals surface area contributed by atoms with E-state index in [0.717, 1.165) is 21.5 Å². The molecule has 3 rings (SSSR count). The Kier molecular flexibility index (Phi) is 4.18. The Morgan fingerprint density at radius 1 is 1.32 bits per heavy atom. The Balaban J connectivity index is 1.85. The van der Waals surface area contributed by atoms with Crippen molar-refractivity contribution < 1.29 is 0 Å². The molecule has 1 atom stereocenters. The summed E-state index contributed by atoms with van der Waals surface area (Å²) in [5, 5.41) is 0.791. The Morgan fingerprint density at radius 3 is 2.63 bits per heavy atom. The predicted octanol–water partition coefficient (Wildman–Crippen LogP) is 3.98. The number of nitrogens with zero attached hydrogens (tertiary/aromatic N) is 1. The molecular formula is C15H20BrClN2. The molecule has 0 amide bonds. The molecule has 2 saturated carbocycles. The highest BCUT2D eigenvalue weighted by atomic mass is 79.9. The van der Waals surface area contributed by atoms with Crippen LogP contribution in [0.3, 0.4) is 0 Å². The lowest BCUT2D eigenvalue weighted by Gasteiger charge is -2.32. The van der Waals surface area contributed by atoms with Crippen LogP contribution in [0.2, 0.25) is 5.02 Å². The van der Waals surface area contributed by atoms with E-state index in [1.807, 2.05) is 12.1 Å². The van der Waals surface area contributed by atoms with Crippen LogP contribution in [0, 0.1) is 5.92 Å². The third kappa shape index (κ3) is 3.33. The van der Waals surface area contributed by atoms with E-state index in [1.165, 1.54) is 37.8 Å². The zero-order chi connectivity index (χ0) is 13.4. The Labute approximate surface area is 128 Å². The molecule has 1 aromatic rings. The summed E-state index contributed by atoms with van der Waals surface area (Å²) in [6, 6.07) is 7.04. The van der Waals surface area contributed by atoms with Crippen LogP contribution < -0.4 is 5.73 Å². The van der Waals surface area contributed by atoms with Crippen molar-refractivity contribution in [2.75, 3.05) is 13.1 Å². The number of benzene rings is 1. The highest BCUT2D eigenvalue weighted by Gasteiger charge is 2.38. The van der Waals surface area contributed by atoms with Crippen LogP contribution in [0.1, 0.15) is 37.3 Å². The van der Waals surface area contributed by atoms with Gasteiger partial charge >= 0.3 is 0 Å². The lowest BCUT2D eigenvalue weighted by molar-refractivity contribution is 0.182. The molecule has 0 aliphatic heterocycles. The van der Waals surface area contributed by atoms with E-state index in [9.17, 15) is 0 Å². The minimum Gasteiger partial charge on any atom is -0.329 e. The Bertz CT molecular complexity index is 457. The van der Waals surface area contributed by atoms with Crippen LogP contribution in [0.25, 0.3) is 0 Å². The number of halogens is 2. The number of rotatable bonds is 6. The maximum absolute atomic E-state index is 6.16. The van der Waals surface area contributed by atoms with Crippen LogP contribution in [0.15, 0.2) is 22.7 Å². The molecule has 2 fully saturated rings. The van der Waals surface area contributed by atoms with Crippen molar-refractivity contribution in [2.24, 2.45) is 11.7 Å². The van der Waals surface area contributed by atoms with Crippen molar-refractivity contribution in [3.63, 3.8) is 0 Å². The first-order chi connectivity index (χ1) is 9.19.